The van der Waals surface area contributed by atoms with E-state index in [1.165, 1.54) is 0 Å². The molecule has 0 radical (unpaired) electrons. The molecule has 0 amide bonds. The Hall–Kier alpha value is -0.640. The van der Waals surface area contributed by atoms with Gasteiger partial charge in [-0.3, -0.25) is 0 Å². The van der Waals surface area contributed by atoms with E-state index in [-0.39, 0.29) is 26.4 Å². The summed E-state index contributed by atoms with van der Waals surface area (Å²) in [6.07, 6.45) is -9.76. The Bertz CT molecular complexity index is 781. The van der Waals surface area contributed by atoms with E-state index in [2.05, 4.69) is 0 Å². The van der Waals surface area contributed by atoms with Crippen LogP contribution < -0.4 is 0 Å². The molecule has 274 valence electrons. The quantitative estimate of drug-likeness (QED) is 0.142. The van der Waals surface area contributed by atoms with Crippen LogP contribution in [0.25, 0.3) is 0 Å². The predicted octanol–water partition coefficient (Wildman–Crippen LogP) is -0.0878. The van der Waals surface area contributed by atoms with Gasteiger partial charge in [0.05, 0.1) is 26.4 Å². The Morgan fingerprint density at radius 3 is 1.28 bits per heavy atom. The Morgan fingerprint density at radius 2 is 0.870 bits per heavy atom. The molecule has 0 aliphatic carbocycles. The summed E-state index contributed by atoms with van der Waals surface area (Å²) in [6.45, 7) is 0.755. The second kappa shape index (κ2) is 22.2. The molecule has 14 atom stereocenters. The van der Waals surface area contributed by atoms with Crippen LogP contribution in [0.1, 0.15) is 0 Å². The van der Waals surface area contributed by atoms with Crippen molar-refractivity contribution in [2.24, 2.45) is 0 Å². The van der Waals surface area contributed by atoms with Gasteiger partial charge in [-0.05, 0) is 0 Å². The standard InChI is InChI=1S/C30H58O16/c1-31-13-17(35-5)21(36-6)22(37-7)18(14-32-2)44-30-28(26(41-11)24(39-9)20(45-30)16-34-4)46-29-27(42-12)25(40-10)23(38-8)19(43-29)15-33-3/h17-30H,13-16H2,1-12H3/t17?,18?,19-,20?,21?,22?,23-,24?,25+,26?,27-,28?,29+,30?/m1/s1. The van der Waals surface area contributed by atoms with Crippen molar-refractivity contribution in [3.8, 4) is 0 Å². The summed E-state index contributed by atoms with van der Waals surface area (Å²) in [5.41, 5.74) is 0. The zero-order chi connectivity index (χ0) is 34.2. The molecule has 0 N–H and O–H groups in total. The number of methoxy groups -OCH3 is 12. The number of hydrogen-bond acceptors (Lipinski definition) is 16. The first-order valence-corrected chi connectivity index (χ1v) is 15.1. The molecule has 0 aromatic heterocycles. The van der Waals surface area contributed by atoms with Gasteiger partial charge in [-0.15, -0.1) is 0 Å². The fraction of sp³-hybridized carbons (Fsp3) is 1.00. The highest BCUT2D eigenvalue weighted by Crippen LogP contribution is 2.35. The molecule has 0 saturated carbocycles. The Kier molecular flexibility index (Phi) is 20.0. The summed E-state index contributed by atoms with van der Waals surface area (Å²) in [7, 11) is 18.8. The third-order valence-electron chi connectivity index (χ3n) is 8.37. The molecule has 16 nitrogen and oxygen atoms in total. The van der Waals surface area contributed by atoms with E-state index < -0.39 is 85.8 Å². The third-order valence-corrected chi connectivity index (χ3v) is 8.37. The van der Waals surface area contributed by atoms with Gasteiger partial charge in [0, 0.05) is 85.3 Å². The van der Waals surface area contributed by atoms with Gasteiger partial charge in [0.2, 0.25) is 0 Å². The van der Waals surface area contributed by atoms with E-state index in [0.717, 1.165) is 0 Å². The van der Waals surface area contributed by atoms with Crippen LogP contribution >= 0.6 is 0 Å². The minimum atomic E-state index is -1.07. The average Bonchev–Trinajstić information content (AvgIpc) is 3.06. The maximum absolute atomic E-state index is 6.71. The average molecular weight is 675 g/mol. The highest BCUT2D eigenvalue weighted by molar-refractivity contribution is 4.97. The highest BCUT2D eigenvalue weighted by atomic mass is 16.8. The van der Waals surface area contributed by atoms with E-state index >= 15 is 0 Å². The minimum absolute atomic E-state index is 0.104. The van der Waals surface area contributed by atoms with Gasteiger partial charge in [0.25, 0.3) is 0 Å². The second-order valence-electron chi connectivity index (χ2n) is 10.9. The molecule has 0 spiro atoms. The SMILES string of the molecule is COCC(OC)C(OC)C(OC)C(COC)OC1OC(COC)C(OC)C(OC)C1O[C@@H]1O[C@H](COC)[C@@H](OC)[C@H](OC)[C@H]1OC. The zero-order valence-corrected chi connectivity index (χ0v) is 29.4. The number of rotatable bonds is 23. The normalized spacial score (nSPS) is 34.7. The van der Waals surface area contributed by atoms with Crippen LogP contribution in [0.15, 0.2) is 0 Å². The lowest BCUT2D eigenvalue weighted by Gasteiger charge is -2.50. The van der Waals surface area contributed by atoms with Crippen molar-refractivity contribution in [2.75, 3.05) is 112 Å². The van der Waals surface area contributed by atoms with Crippen molar-refractivity contribution in [3.63, 3.8) is 0 Å². The first kappa shape index (κ1) is 41.5. The van der Waals surface area contributed by atoms with Gasteiger partial charge in [0.1, 0.15) is 73.2 Å². The third kappa shape index (κ3) is 10.2. The van der Waals surface area contributed by atoms with E-state index in [9.17, 15) is 0 Å². The monoisotopic (exact) mass is 674 g/mol. The molecule has 0 aromatic rings. The Balaban J connectivity index is 2.56. The molecule has 0 bridgehead atoms. The molecular weight excluding hydrogens is 616 g/mol. The molecular formula is C30H58O16. The second-order valence-corrected chi connectivity index (χ2v) is 10.9. The van der Waals surface area contributed by atoms with Crippen molar-refractivity contribution in [3.05, 3.63) is 0 Å². The van der Waals surface area contributed by atoms with Gasteiger partial charge < -0.3 is 75.8 Å². The summed E-state index contributed by atoms with van der Waals surface area (Å²) in [5, 5.41) is 0. The first-order chi connectivity index (χ1) is 22.3. The molecule has 9 unspecified atom stereocenters. The predicted molar refractivity (Wildman–Crippen MR) is 161 cm³/mol. The highest BCUT2D eigenvalue weighted by Gasteiger charge is 2.54. The van der Waals surface area contributed by atoms with Crippen molar-refractivity contribution < 1.29 is 75.8 Å². The molecule has 2 aliphatic rings. The topological polar surface area (TPSA) is 148 Å². The number of hydrogen-bond donors (Lipinski definition) is 0. The molecule has 2 heterocycles. The molecule has 0 aromatic carbocycles. The molecule has 16 heteroatoms. The van der Waals surface area contributed by atoms with Gasteiger partial charge >= 0.3 is 0 Å². The lowest BCUT2D eigenvalue weighted by Crippen LogP contribution is -2.66. The summed E-state index contributed by atoms with van der Waals surface area (Å²) >= 11 is 0. The van der Waals surface area contributed by atoms with Crippen LogP contribution in [-0.2, 0) is 75.8 Å². The van der Waals surface area contributed by atoms with Crippen LogP contribution in [0, 0.1) is 0 Å². The van der Waals surface area contributed by atoms with Crippen molar-refractivity contribution in [1.82, 2.24) is 0 Å². The number of ether oxygens (including phenoxy) is 16. The fourth-order valence-electron chi connectivity index (χ4n) is 6.23. The van der Waals surface area contributed by atoms with E-state index in [1.54, 1.807) is 85.3 Å². The van der Waals surface area contributed by atoms with Crippen molar-refractivity contribution in [2.45, 2.75) is 85.8 Å². The zero-order valence-electron chi connectivity index (χ0n) is 29.4. The van der Waals surface area contributed by atoms with E-state index in [0.29, 0.717) is 0 Å². The fourth-order valence-corrected chi connectivity index (χ4v) is 6.23. The molecule has 46 heavy (non-hydrogen) atoms. The molecule has 2 saturated heterocycles. The van der Waals surface area contributed by atoms with Gasteiger partial charge in [-0.2, -0.15) is 0 Å². The molecule has 2 aliphatic heterocycles. The lowest BCUT2D eigenvalue weighted by atomic mass is 9.96. The van der Waals surface area contributed by atoms with Gasteiger partial charge in [0.15, 0.2) is 12.6 Å². The molecule has 2 fully saturated rings. The van der Waals surface area contributed by atoms with Crippen molar-refractivity contribution >= 4 is 0 Å². The van der Waals surface area contributed by atoms with Crippen LogP contribution in [0.5, 0.6) is 0 Å². The Morgan fingerprint density at radius 1 is 0.435 bits per heavy atom. The van der Waals surface area contributed by atoms with E-state index in [1.807, 2.05) is 0 Å². The van der Waals surface area contributed by atoms with Crippen LogP contribution in [0.2, 0.25) is 0 Å². The van der Waals surface area contributed by atoms with Crippen LogP contribution in [-0.4, -0.2) is 198 Å². The smallest absolute Gasteiger partial charge is 0.187 e. The minimum Gasteiger partial charge on any atom is -0.382 e. The maximum Gasteiger partial charge on any atom is 0.187 e. The van der Waals surface area contributed by atoms with E-state index in [4.69, 9.17) is 75.8 Å². The summed E-state index contributed by atoms with van der Waals surface area (Å²) in [4.78, 5) is 0. The maximum atomic E-state index is 6.71. The van der Waals surface area contributed by atoms with Crippen LogP contribution in [0.3, 0.4) is 0 Å². The van der Waals surface area contributed by atoms with Crippen LogP contribution in [0.4, 0.5) is 0 Å². The molecule has 2 rings (SSSR count). The van der Waals surface area contributed by atoms with Crippen molar-refractivity contribution in [1.29, 1.82) is 0 Å². The lowest BCUT2D eigenvalue weighted by molar-refractivity contribution is -0.382. The summed E-state index contributed by atoms with van der Waals surface area (Å²) < 4.78 is 94.9. The van der Waals surface area contributed by atoms with Gasteiger partial charge in [-0.1, -0.05) is 0 Å². The summed E-state index contributed by atoms with van der Waals surface area (Å²) in [5.74, 6) is 0. The Labute approximate surface area is 273 Å². The summed E-state index contributed by atoms with van der Waals surface area (Å²) in [6, 6.07) is 0. The van der Waals surface area contributed by atoms with Gasteiger partial charge in [-0.25, -0.2) is 0 Å². The first-order valence-electron chi connectivity index (χ1n) is 15.1. The largest absolute Gasteiger partial charge is 0.382 e.